The molecule has 7 heteroatoms. The smallest absolute Gasteiger partial charge is 0.256 e. The number of ether oxygens (including phenoxy) is 4. The monoisotopic (exact) mass is 405 g/mol. The van der Waals surface area contributed by atoms with Gasteiger partial charge in [0.05, 0.1) is 18.8 Å². The van der Waals surface area contributed by atoms with Crippen LogP contribution in [-0.4, -0.2) is 32.3 Å². The van der Waals surface area contributed by atoms with Crippen LogP contribution in [0, 0.1) is 0 Å². The van der Waals surface area contributed by atoms with Crippen LogP contribution in [0.3, 0.4) is 0 Å². The molecular weight excluding hydrogens is 390 g/mol. The van der Waals surface area contributed by atoms with E-state index in [2.05, 4.69) is 21.2 Å². The topological polar surface area (TPSA) is 66.0 Å². The highest BCUT2D eigenvalue weighted by atomic mass is 79.9. The molecule has 0 saturated heterocycles. The summed E-state index contributed by atoms with van der Waals surface area (Å²) < 4.78 is 23.0. The minimum atomic E-state index is -0.252. The number of fused-ring (bicyclic) bond motifs is 2. The van der Waals surface area contributed by atoms with Gasteiger partial charge in [0.15, 0.2) is 23.0 Å². The van der Waals surface area contributed by atoms with Crippen molar-refractivity contribution in [2.75, 3.05) is 31.7 Å². The number of halogens is 1. The zero-order valence-electron chi connectivity index (χ0n) is 13.3. The fourth-order valence-corrected chi connectivity index (χ4v) is 3.18. The van der Waals surface area contributed by atoms with Crippen LogP contribution >= 0.6 is 15.9 Å². The van der Waals surface area contributed by atoms with Gasteiger partial charge in [-0.15, -0.1) is 0 Å². The molecule has 2 aromatic rings. The van der Waals surface area contributed by atoms with Gasteiger partial charge >= 0.3 is 0 Å². The molecule has 1 amide bonds. The minimum absolute atomic E-state index is 0.252. The molecular formula is C18H16BrNO5. The first kappa shape index (κ1) is 16.1. The highest BCUT2D eigenvalue weighted by Crippen LogP contribution is 2.36. The lowest BCUT2D eigenvalue weighted by Crippen LogP contribution is -2.17. The predicted molar refractivity (Wildman–Crippen MR) is 95.1 cm³/mol. The molecule has 2 aromatic carbocycles. The second-order valence-corrected chi connectivity index (χ2v) is 6.50. The zero-order chi connectivity index (χ0) is 17.2. The molecule has 0 fully saturated rings. The van der Waals surface area contributed by atoms with E-state index in [4.69, 9.17) is 18.9 Å². The van der Waals surface area contributed by atoms with Gasteiger partial charge in [-0.2, -0.15) is 0 Å². The van der Waals surface area contributed by atoms with E-state index in [1.165, 1.54) is 0 Å². The number of carbonyl (C=O) groups is 1. The quantitative estimate of drug-likeness (QED) is 0.825. The molecule has 2 aliphatic rings. The number of amides is 1. The molecule has 0 saturated carbocycles. The van der Waals surface area contributed by atoms with Gasteiger partial charge in [-0.05, 0) is 40.2 Å². The van der Waals surface area contributed by atoms with Gasteiger partial charge in [-0.3, -0.25) is 4.79 Å². The van der Waals surface area contributed by atoms with Crippen molar-refractivity contribution in [3.05, 3.63) is 40.4 Å². The van der Waals surface area contributed by atoms with Crippen LogP contribution in [0.15, 0.2) is 34.8 Å². The molecule has 0 atom stereocenters. The summed E-state index contributed by atoms with van der Waals surface area (Å²) in [4.78, 5) is 12.6. The molecule has 0 aromatic heterocycles. The number of benzene rings is 2. The van der Waals surface area contributed by atoms with Crippen LogP contribution in [0.2, 0.25) is 0 Å². The molecule has 6 nitrogen and oxygen atoms in total. The Hall–Kier alpha value is -2.41. The van der Waals surface area contributed by atoms with Crippen molar-refractivity contribution < 1.29 is 23.7 Å². The highest BCUT2D eigenvalue weighted by molar-refractivity contribution is 9.10. The number of hydrogen-bond acceptors (Lipinski definition) is 5. The lowest BCUT2D eigenvalue weighted by atomic mass is 10.1. The molecule has 2 heterocycles. The lowest BCUT2D eigenvalue weighted by molar-refractivity contribution is 0.102. The molecule has 4 rings (SSSR count). The van der Waals surface area contributed by atoms with Gasteiger partial charge in [0.25, 0.3) is 5.91 Å². The average Bonchev–Trinajstić information content (AvgIpc) is 2.86. The molecule has 0 unspecified atom stereocenters. The lowest BCUT2D eigenvalue weighted by Gasteiger charge is -2.19. The van der Waals surface area contributed by atoms with Crippen LogP contribution in [0.4, 0.5) is 5.69 Å². The Kier molecular flexibility index (Phi) is 4.40. The largest absolute Gasteiger partial charge is 0.490 e. The van der Waals surface area contributed by atoms with Gasteiger partial charge in [0.1, 0.15) is 13.2 Å². The SMILES string of the molecule is O=C(Nc1ccc2c(c1)OCCCO2)c1cc2c(cc1Br)OCCO2. The molecule has 2 aliphatic heterocycles. The molecule has 25 heavy (non-hydrogen) atoms. The molecule has 0 bridgehead atoms. The number of hydrogen-bond donors (Lipinski definition) is 1. The van der Waals surface area contributed by atoms with E-state index in [0.29, 0.717) is 65.1 Å². The number of nitrogens with one attached hydrogen (secondary N) is 1. The zero-order valence-corrected chi connectivity index (χ0v) is 14.9. The maximum Gasteiger partial charge on any atom is 0.256 e. The number of carbonyl (C=O) groups excluding carboxylic acids is 1. The van der Waals surface area contributed by atoms with E-state index in [0.717, 1.165) is 6.42 Å². The first-order chi connectivity index (χ1) is 12.2. The first-order valence-corrected chi connectivity index (χ1v) is 8.80. The van der Waals surface area contributed by atoms with E-state index in [1.54, 1.807) is 30.3 Å². The molecule has 0 aliphatic carbocycles. The number of rotatable bonds is 2. The Morgan fingerprint density at radius 2 is 1.48 bits per heavy atom. The van der Waals surface area contributed by atoms with Crippen LogP contribution in [0.5, 0.6) is 23.0 Å². The maximum absolute atomic E-state index is 12.6. The second kappa shape index (κ2) is 6.84. The standard InChI is InChI=1S/C18H16BrNO5/c19-13-10-17-16(24-6-7-25-17)9-12(13)18(21)20-11-2-3-14-15(8-11)23-5-1-4-22-14/h2-3,8-10H,1,4-7H2,(H,20,21). The van der Waals surface area contributed by atoms with Gasteiger partial charge in [-0.25, -0.2) is 0 Å². The van der Waals surface area contributed by atoms with Gasteiger partial charge in [-0.1, -0.05) is 0 Å². The fraction of sp³-hybridized carbons (Fsp3) is 0.278. The Morgan fingerprint density at radius 1 is 0.840 bits per heavy atom. The third-order valence-corrected chi connectivity index (χ3v) is 4.54. The van der Waals surface area contributed by atoms with Crippen LogP contribution in [0.1, 0.15) is 16.8 Å². The Balaban J connectivity index is 1.57. The Bertz CT molecular complexity index is 823. The van der Waals surface area contributed by atoms with Gasteiger partial charge in [0.2, 0.25) is 0 Å². The van der Waals surface area contributed by atoms with Crippen molar-refractivity contribution in [2.24, 2.45) is 0 Å². The Morgan fingerprint density at radius 3 is 2.28 bits per heavy atom. The summed E-state index contributed by atoms with van der Waals surface area (Å²) in [5.41, 5.74) is 1.10. The first-order valence-electron chi connectivity index (χ1n) is 8.01. The summed E-state index contributed by atoms with van der Waals surface area (Å²) in [6, 6.07) is 8.78. The average molecular weight is 406 g/mol. The van der Waals surface area contributed by atoms with E-state index < -0.39 is 0 Å². The van der Waals surface area contributed by atoms with Crippen molar-refractivity contribution in [2.45, 2.75) is 6.42 Å². The maximum atomic E-state index is 12.6. The molecule has 130 valence electrons. The molecule has 0 radical (unpaired) electrons. The summed E-state index contributed by atoms with van der Waals surface area (Å²) >= 11 is 3.42. The van der Waals surface area contributed by atoms with Crippen molar-refractivity contribution >= 4 is 27.5 Å². The summed E-state index contributed by atoms with van der Waals surface area (Å²) in [5.74, 6) is 2.27. The predicted octanol–water partition coefficient (Wildman–Crippen LogP) is 3.63. The normalized spacial score (nSPS) is 15.2. The third-order valence-electron chi connectivity index (χ3n) is 3.88. The highest BCUT2D eigenvalue weighted by Gasteiger charge is 2.19. The fourth-order valence-electron chi connectivity index (χ4n) is 2.68. The van der Waals surface area contributed by atoms with E-state index in [-0.39, 0.29) is 5.91 Å². The van der Waals surface area contributed by atoms with Crippen molar-refractivity contribution in [1.82, 2.24) is 0 Å². The summed E-state index contributed by atoms with van der Waals surface area (Å²) in [7, 11) is 0. The van der Waals surface area contributed by atoms with Crippen LogP contribution in [0.25, 0.3) is 0 Å². The van der Waals surface area contributed by atoms with E-state index in [9.17, 15) is 4.79 Å². The van der Waals surface area contributed by atoms with E-state index in [1.807, 2.05) is 0 Å². The van der Waals surface area contributed by atoms with Crippen molar-refractivity contribution in [3.63, 3.8) is 0 Å². The summed E-state index contributed by atoms with van der Waals surface area (Å²) in [6.07, 6.45) is 0.834. The van der Waals surface area contributed by atoms with Crippen molar-refractivity contribution in [1.29, 1.82) is 0 Å². The van der Waals surface area contributed by atoms with Crippen LogP contribution in [-0.2, 0) is 0 Å². The molecule has 1 N–H and O–H groups in total. The Labute approximate surface area is 153 Å². The summed E-state index contributed by atoms with van der Waals surface area (Å²) in [6.45, 7) is 2.20. The molecule has 0 spiro atoms. The van der Waals surface area contributed by atoms with Crippen molar-refractivity contribution in [3.8, 4) is 23.0 Å². The van der Waals surface area contributed by atoms with Gasteiger partial charge < -0.3 is 24.3 Å². The minimum Gasteiger partial charge on any atom is -0.490 e. The second-order valence-electron chi connectivity index (χ2n) is 5.64. The number of anilines is 1. The summed E-state index contributed by atoms with van der Waals surface area (Å²) in [5, 5.41) is 2.88. The third kappa shape index (κ3) is 3.37. The van der Waals surface area contributed by atoms with Gasteiger partial charge in [0, 0.05) is 22.6 Å². The van der Waals surface area contributed by atoms with Crippen LogP contribution < -0.4 is 24.3 Å². The van der Waals surface area contributed by atoms with E-state index >= 15 is 0 Å².